The van der Waals surface area contributed by atoms with E-state index >= 15 is 0 Å². The Kier molecular flexibility index (Phi) is 3.11. The Morgan fingerprint density at radius 1 is 0.947 bits per heavy atom. The second kappa shape index (κ2) is 5.06. The molecule has 0 N–H and O–H groups in total. The van der Waals surface area contributed by atoms with E-state index in [0.717, 1.165) is 22.6 Å². The molecule has 0 atom stereocenters. The maximum absolute atomic E-state index is 5.88. The Balaban J connectivity index is 1.82. The first-order valence-corrected chi connectivity index (χ1v) is 6.12. The van der Waals surface area contributed by atoms with Crippen molar-refractivity contribution in [2.45, 2.75) is 13.2 Å². The van der Waals surface area contributed by atoms with Gasteiger partial charge in [0.2, 0.25) is 0 Å². The van der Waals surface area contributed by atoms with Crippen molar-refractivity contribution in [1.29, 1.82) is 0 Å². The number of aryl methyl sites for hydroxylation is 1. The lowest BCUT2D eigenvalue weighted by atomic mass is 10.2. The van der Waals surface area contributed by atoms with Crippen LogP contribution in [0.15, 0.2) is 61.1 Å². The van der Waals surface area contributed by atoms with Crippen LogP contribution >= 0.6 is 0 Å². The van der Waals surface area contributed by atoms with Crippen LogP contribution in [0.1, 0.15) is 17.4 Å². The van der Waals surface area contributed by atoms with E-state index in [1.807, 2.05) is 55.5 Å². The number of rotatable bonds is 3. The topological polar surface area (TPSA) is 27.7 Å². The molecule has 3 nitrogen and oxygen atoms in total. The lowest BCUT2D eigenvalue weighted by molar-refractivity contribution is -0.0247. The van der Waals surface area contributed by atoms with E-state index in [-0.39, 0.29) is 6.29 Å². The lowest BCUT2D eigenvalue weighted by Crippen LogP contribution is -1.98. The first-order chi connectivity index (χ1) is 9.33. The molecule has 0 spiro atoms. The maximum atomic E-state index is 5.88. The molecule has 19 heavy (non-hydrogen) atoms. The van der Waals surface area contributed by atoms with Crippen LogP contribution in [0.4, 0.5) is 0 Å². The van der Waals surface area contributed by atoms with E-state index in [1.54, 1.807) is 12.5 Å². The van der Waals surface area contributed by atoms with E-state index in [9.17, 15) is 0 Å². The van der Waals surface area contributed by atoms with Gasteiger partial charge in [-0.25, -0.2) is 0 Å². The highest BCUT2D eigenvalue weighted by molar-refractivity contribution is 5.38. The molecule has 3 heteroatoms. The summed E-state index contributed by atoms with van der Waals surface area (Å²) >= 11 is 0. The van der Waals surface area contributed by atoms with Crippen LogP contribution in [0.25, 0.3) is 0 Å². The Morgan fingerprint density at radius 3 is 2.53 bits per heavy atom. The van der Waals surface area contributed by atoms with Gasteiger partial charge in [-0.15, -0.1) is 0 Å². The maximum Gasteiger partial charge on any atom is 0.266 e. The Hall–Kier alpha value is -2.42. The molecule has 96 valence electrons. The third kappa shape index (κ3) is 2.55. The van der Waals surface area contributed by atoms with Crippen molar-refractivity contribution in [2.24, 2.45) is 0 Å². The average molecular weight is 254 g/mol. The SMILES string of the molecule is Cc1ccccc1Oc1cccc(C2OC=CO2)c1. The number of hydrogen-bond acceptors (Lipinski definition) is 3. The van der Waals surface area contributed by atoms with Gasteiger partial charge in [-0.05, 0) is 30.7 Å². The van der Waals surface area contributed by atoms with Crippen molar-refractivity contribution in [2.75, 3.05) is 0 Å². The standard InChI is InChI=1S/C16H14O3/c1-12-5-2-3-8-15(12)19-14-7-4-6-13(11-14)16-17-9-10-18-16/h2-11,16H,1H3. The quantitative estimate of drug-likeness (QED) is 0.817. The summed E-state index contributed by atoms with van der Waals surface area (Å²) in [7, 11) is 0. The predicted molar refractivity (Wildman–Crippen MR) is 71.7 cm³/mol. The van der Waals surface area contributed by atoms with Crippen molar-refractivity contribution in [3.63, 3.8) is 0 Å². The second-order valence-electron chi connectivity index (χ2n) is 4.32. The molecule has 0 saturated heterocycles. The number of ether oxygens (including phenoxy) is 3. The zero-order valence-electron chi connectivity index (χ0n) is 10.6. The van der Waals surface area contributed by atoms with E-state index in [1.165, 1.54) is 0 Å². The molecule has 0 fully saturated rings. The third-order valence-corrected chi connectivity index (χ3v) is 2.91. The molecule has 0 unspecified atom stereocenters. The van der Waals surface area contributed by atoms with Gasteiger partial charge in [0.15, 0.2) is 0 Å². The molecule has 1 heterocycles. The molecular weight excluding hydrogens is 240 g/mol. The minimum absolute atomic E-state index is 0.375. The summed E-state index contributed by atoms with van der Waals surface area (Å²) in [4.78, 5) is 0. The molecule has 2 aromatic carbocycles. The van der Waals surface area contributed by atoms with E-state index in [0.29, 0.717) is 0 Å². The minimum atomic E-state index is -0.375. The van der Waals surface area contributed by atoms with Gasteiger partial charge < -0.3 is 14.2 Å². The Labute approximate surface area is 112 Å². The summed E-state index contributed by atoms with van der Waals surface area (Å²) in [5, 5.41) is 0. The highest BCUT2D eigenvalue weighted by Crippen LogP contribution is 2.29. The van der Waals surface area contributed by atoms with Gasteiger partial charge in [0, 0.05) is 5.56 Å². The first-order valence-electron chi connectivity index (χ1n) is 6.12. The van der Waals surface area contributed by atoms with Crippen LogP contribution in [0.5, 0.6) is 11.5 Å². The Morgan fingerprint density at radius 2 is 1.74 bits per heavy atom. The molecule has 0 saturated carbocycles. The first kappa shape index (κ1) is 11.7. The average Bonchev–Trinajstić information content (AvgIpc) is 2.96. The second-order valence-corrected chi connectivity index (χ2v) is 4.32. The normalized spacial score (nSPS) is 13.9. The van der Waals surface area contributed by atoms with Gasteiger partial charge in [-0.2, -0.15) is 0 Å². The fraction of sp³-hybridized carbons (Fsp3) is 0.125. The molecule has 2 aromatic rings. The van der Waals surface area contributed by atoms with Gasteiger partial charge in [-0.1, -0.05) is 30.3 Å². The number of benzene rings is 2. The minimum Gasteiger partial charge on any atom is -0.457 e. The van der Waals surface area contributed by atoms with E-state index < -0.39 is 0 Å². The lowest BCUT2D eigenvalue weighted by Gasteiger charge is -2.13. The van der Waals surface area contributed by atoms with Gasteiger partial charge >= 0.3 is 0 Å². The summed E-state index contributed by atoms with van der Waals surface area (Å²) in [5.74, 6) is 1.62. The fourth-order valence-electron chi connectivity index (χ4n) is 1.92. The van der Waals surface area contributed by atoms with Crippen molar-refractivity contribution in [3.8, 4) is 11.5 Å². The molecule has 1 aliphatic heterocycles. The molecule has 0 aromatic heterocycles. The largest absolute Gasteiger partial charge is 0.457 e. The summed E-state index contributed by atoms with van der Waals surface area (Å²) in [5.41, 5.74) is 2.03. The van der Waals surface area contributed by atoms with Crippen LogP contribution in [0.3, 0.4) is 0 Å². The van der Waals surface area contributed by atoms with Gasteiger partial charge in [0.25, 0.3) is 6.29 Å². The van der Waals surface area contributed by atoms with Crippen LogP contribution in [-0.2, 0) is 9.47 Å². The molecular formula is C16H14O3. The molecule has 1 aliphatic rings. The van der Waals surface area contributed by atoms with Crippen molar-refractivity contribution in [3.05, 3.63) is 72.2 Å². The van der Waals surface area contributed by atoms with Crippen LogP contribution in [-0.4, -0.2) is 0 Å². The summed E-state index contributed by atoms with van der Waals surface area (Å²) in [6, 6.07) is 15.6. The Bertz CT molecular complexity index is 596. The summed E-state index contributed by atoms with van der Waals surface area (Å²) in [6.45, 7) is 2.02. The van der Waals surface area contributed by atoms with Crippen LogP contribution in [0.2, 0.25) is 0 Å². The van der Waals surface area contributed by atoms with Gasteiger partial charge in [0.1, 0.15) is 24.0 Å². The zero-order chi connectivity index (χ0) is 13.1. The van der Waals surface area contributed by atoms with E-state index in [4.69, 9.17) is 14.2 Å². The van der Waals surface area contributed by atoms with E-state index in [2.05, 4.69) is 0 Å². The third-order valence-electron chi connectivity index (χ3n) is 2.91. The van der Waals surface area contributed by atoms with Crippen molar-refractivity contribution < 1.29 is 14.2 Å². The molecule has 0 aliphatic carbocycles. The fourth-order valence-corrected chi connectivity index (χ4v) is 1.92. The zero-order valence-corrected chi connectivity index (χ0v) is 10.6. The highest BCUT2D eigenvalue weighted by Gasteiger charge is 2.15. The monoisotopic (exact) mass is 254 g/mol. The number of para-hydroxylation sites is 1. The van der Waals surface area contributed by atoms with Crippen LogP contribution in [0, 0.1) is 6.92 Å². The summed E-state index contributed by atoms with van der Waals surface area (Å²) in [6.07, 6.45) is 2.71. The number of hydrogen-bond donors (Lipinski definition) is 0. The molecule has 3 rings (SSSR count). The smallest absolute Gasteiger partial charge is 0.266 e. The van der Waals surface area contributed by atoms with Crippen molar-refractivity contribution in [1.82, 2.24) is 0 Å². The van der Waals surface area contributed by atoms with Crippen LogP contribution < -0.4 is 4.74 Å². The predicted octanol–water partition coefficient (Wildman–Crippen LogP) is 4.30. The highest BCUT2D eigenvalue weighted by atomic mass is 16.7. The van der Waals surface area contributed by atoms with Crippen molar-refractivity contribution >= 4 is 0 Å². The molecule has 0 radical (unpaired) electrons. The summed E-state index contributed by atoms with van der Waals surface area (Å²) < 4.78 is 16.5. The molecule has 0 amide bonds. The molecule has 0 bridgehead atoms. The van der Waals surface area contributed by atoms with Gasteiger partial charge in [0.05, 0.1) is 0 Å². The van der Waals surface area contributed by atoms with Gasteiger partial charge in [-0.3, -0.25) is 0 Å².